The highest BCUT2D eigenvalue weighted by atomic mass is 16.7. The Hall–Kier alpha value is -0.120. The minimum absolute atomic E-state index is 0.113. The van der Waals surface area contributed by atoms with Crippen molar-refractivity contribution in [2.24, 2.45) is 5.92 Å². The van der Waals surface area contributed by atoms with Crippen molar-refractivity contribution in [1.82, 2.24) is 4.90 Å². The largest absolute Gasteiger partial charge is 0.350 e. The van der Waals surface area contributed by atoms with E-state index in [1.165, 1.54) is 38.6 Å². The summed E-state index contributed by atoms with van der Waals surface area (Å²) < 4.78 is 11.4. The van der Waals surface area contributed by atoms with E-state index >= 15 is 0 Å². The van der Waals surface area contributed by atoms with Gasteiger partial charge < -0.3 is 9.47 Å². The minimum atomic E-state index is 0.113. The molecule has 3 aliphatic rings. The topological polar surface area (TPSA) is 21.7 Å². The van der Waals surface area contributed by atoms with Gasteiger partial charge in [-0.25, -0.2) is 0 Å². The van der Waals surface area contributed by atoms with Crippen LogP contribution < -0.4 is 0 Å². The van der Waals surface area contributed by atoms with Gasteiger partial charge in [-0.05, 0) is 32.2 Å². The predicted octanol–water partition coefficient (Wildman–Crippen LogP) is 2.01. The van der Waals surface area contributed by atoms with Gasteiger partial charge in [0.2, 0.25) is 0 Å². The zero-order valence-corrected chi connectivity index (χ0v) is 10.2. The van der Waals surface area contributed by atoms with E-state index in [2.05, 4.69) is 11.8 Å². The molecule has 0 saturated carbocycles. The summed E-state index contributed by atoms with van der Waals surface area (Å²) in [5, 5.41) is 0. The number of rotatable bonds is 2. The van der Waals surface area contributed by atoms with Crippen molar-refractivity contribution in [2.75, 3.05) is 19.8 Å². The fourth-order valence-electron chi connectivity index (χ4n) is 3.91. The van der Waals surface area contributed by atoms with Crippen LogP contribution in [-0.4, -0.2) is 43.0 Å². The van der Waals surface area contributed by atoms with Crippen molar-refractivity contribution < 1.29 is 9.47 Å². The molecule has 0 amide bonds. The quantitative estimate of drug-likeness (QED) is 0.717. The lowest BCUT2D eigenvalue weighted by Gasteiger charge is -2.49. The summed E-state index contributed by atoms with van der Waals surface area (Å²) in [4.78, 5) is 2.72. The van der Waals surface area contributed by atoms with Gasteiger partial charge >= 0.3 is 0 Å². The Morgan fingerprint density at radius 3 is 2.25 bits per heavy atom. The SMILES string of the molecule is CCN1C2CCCC1CC(C1OCCO1)C2. The lowest BCUT2D eigenvalue weighted by Crippen LogP contribution is -2.53. The van der Waals surface area contributed by atoms with E-state index in [0.29, 0.717) is 5.92 Å². The maximum absolute atomic E-state index is 5.69. The summed E-state index contributed by atoms with van der Waals surface area (Å²) in [7, 11) is 0. The molecule has 0 radical (unpaired) electrons. The van der Waals surface area contributed by atoms with Gasteiger partial charge in [0.15, 0.2) is 6.29 Å². The van der Waals surface area contributed by atoms with Crippen molar-refractivity contribution in [3.8, 4) is 0 Å². The van der Waals surface area contributed by atoms with E-state index in [-0.39, 0.29) is 6.29 Å². The number of hydrogen-bond donors (Lipinski definition) is 0. The number of nitrogens with zero attached hydrogens (tertiary/aromatic N) is 1. The Labute approximate surface area is 98.1 Å². The first-order chi connectivity index (χ1) is 7.88. The summed E-state index contributed by atoms with van der Waals surface area (Å²) in [6, 6.07) is 1.60. The first-order valence-electron chi connectivity index (χ1n) is 6.87. The Morgan fingerprint density at radius 2 is 1.69 bits per heavy atom. The molecule has 2 bridgehead atoms. The highest BCUT2D eigenvalue weighted by Gasteiger charge is 2.41. The molecule has 3 aliphatic heterocycles. The van der Waals surface area contributed by atoms with E-state index in [1.54, 1.807) is 0 Å². The highest BCUT2D eigenvalue weighted by molar-refractivity contribution is 4.93. The van der Waals surface area contributed by atoms with Crippen molar-refractivity contribution in [2.45, 2.75) is 57.4 Å². The van der Waals surface area contributed by atoms with Gasteiger partial charge in [0.1, 0.15) is 0 Å². The minimum Gasteiger partial charge on any atom is -0.350 e. The molecule has 16 heavy (non-hydrogen) atoms. The zero-order chi connectivity index (χ0) is 11.0. The van der Waals surface area contributed by atoms with Crippen molar-refractivity contribution >= 4 is 0 Å². The first kappa shape index (κ1) is 11.0. The second-order valence-corrected chi connectivity index (χ2v) is 5.41. The maximum atomic E-state index is 5.69. The Balaban J connectivity index is 1.68. The number of fused-ring (bicyclic) bond motifs is 2. The van der Waals surface area contributed by atoms with Crippen LogP contribution in [0.3, 0.4) is 0 Å². The van der Waals surface area contributed by atoms with Crippen LogP contribution in [0.15, 0.2) is 0 Å². The fraction of sp³-hybridized carbons (Fsp3) is 1.00. The third-order valence-electron chi connectivity index (χ3n) is 4.56. The first-order valence-corrected chi connectivity index (χ1v) is 6.87. The van der Waals surface area contributed by atoms with Gasteiger partial charge in [-0.2, -0.15) is 0 Å². The summed E-state index contributed by atoms with van der Waals surface area (Å²) in [5.41, 5.74) is 0. The molecule has 2 atom stereocenters. The second-order valence-electron chi connectivity index (χ2n) is 5.41. The Morgan fingerprint density at radius 1 is 1.06 bits per heavy atom. The molecule has 0 aromatic rings. The van der Waals surface area contributed by atoms with Crippen molar-refractivity contribution in [1.29, 1.82) is 0 Å². The summed E-state index contributed by atoms with van der Waals surface area (Å²) in [6.07, 6.45) is 6.87. The summed E-state index contributed by atoms with van der Waals surface area (Å²) >= 11 is 0. The standard InChI is InChI=1S/C13H23NO2/c1-2-14-11-4-3-5-12(14)9-10(8-11)13-15-6-7-16-13/h10-13H,2-9H2,1H3. The summed E-state index contributed by atoms with van der Waals surface area (Å²) in [6.45, 7) is 5.12. The molecule has 3 nitrogen and oxygen atoms in total. The molecule has 3 fully saturated rings. The van der Waals surface area contributed by atoms with Crippen LogP contribution in [0.25, 0.3) is 0 Å². The van der Waals surface area contributed by atoms with E-state index < -0.39 is 0 Å². The zero-order valence-electron chi connectivity index (χ0n) is 10.2. The smallest absolute Gasteiger partial charge is 0.160 e. The van der Waals surface area contributed by atoms with Crippen LogP contribution in [0.4, 0.5) is 0 Å². The molecule has 3 heteroatoms. The third kappa shape index (κ3) is 1.89. The average Bonchev–Trinajstić information content (AvgIpc) is 2.80. The molecule has 0 aliphatic carbocycles. The van der Waals surface area contributed by atoms with Crippen LogP contribution in [0.2, 0.25) is 0 Å². The third-order valence-corrected chi connectivity index (χ3v) is 4.56. The monoisotopic (exact) mass is 225 g/mol. The van der Waals surface area contributed by atoms with Gasteiger partial charge in [0.05, 0.1) is 13.2 Å². The molecule has 3 saturated heterocycles. The normalized spacial score (nSPS) is 41.4. The second kappa shape index (κ2) is 4.63. The fourth-order valence-corrected chi connectivity index (χ4v) is 3.91. The Bertz CT molecular complexity index is 226. The van der Waals surface area contributed by atoms with Crippen LogP contribution in [0, 0.1) is 5.92 Å². The average molecular weight is 225 g/mol. The summed E-state index contributed by atoms with van der Waals surface area (Å²) in [5.74, 6) is 0.653. The molecule has 92 valence electrons. The number of hydrogen-bond acceptors (Lipinski definition) is 3. The van der Waals surface area contributed by atoms with Gasteiger partial charge in [-0.3, -0.25) is 4.90 Å². The van der Waals surface area contributed by atoms with Gasteiger partial charge in [-0.1, -0.05) is 13.3 Å². The van der Waals surface area contributed by atoms with Gasteiger partial charge in [0, 0.05) is 18.0 Å². The van der Waals surface area contributed by atoms with Gasteiger partial charge in [0.25, 0.3) is 0 Å². The van der Waals surface area contributed by atoms with E-state index in [9.17, 15) is 0 Å². The Kier molecular flexibility index (Phi) is 3.18. The molecular formula is C13H23NO2. The molecule has 3 rings (SSSR count). The van der Waals surface area contributed by atoms with E-state index in [4.69, 9.17) is 9.47 Å². The molecule has 0 N–H and O–H groups in total. The van der Waals surface area contributed by atoms with Crippen LogP contribution in [0.1, 0.15) is 39.0 Å². The molecule has 0 aromatic heterocycles. The van der Waals surface area contributed by atoms with E-state index in [0.717, 1.165) is 25.3 Å². The predicted molar refractivity (Wildman–Crippen MR) is 62.2 cm³/mol. The molecule has 0 spiro atoms. The lowest BCUT2D eigenvalue weighted by atomic mass is 9.78. The number of ether oxygens (including phenoxy) is 2. The highest BCUT2D eigenvalue weighted by Crippen LogP contribution is 2.39. The van der Waals surface area contributed by atoms with Crippen LogP contribution in [0.5, 0.6) is 0 Å². The number of piperidine rings is 2. The van der Waals surface area contributed by atoms with Crippen molar-refractivity contribution in [3.63, 3.8) is 0 Å². The molecule has 0 aromatic carbocycles. The van der Waals surface area contributed by atoms with Crippen molar-refractivity contribution in [3.05, 3.63) is 0 Å². The van der Waals surface area contributed by atoms with Crippen LogP contribution >= 0.6 is 0 Å². The van der Waals surface area contributed by atoms with E-state index in [1.807, 2.05) is 0 Å². The van der Waals surface area contributed by atoms with Gasteiger partial charge in [-0.15, -0.1) is 0 Å². The molecule has 2 unspecified atom stereocenters. The molecular weight excluding hydrogens is 202 g/mol. The molecule has 3 heterocycles. The maximum Gasteiger partial charge on any atom is 0.160 e. The van der Waals surface area contributed by atoms with Crippen LogP contribution in [-0.2, 0) is 9.47 Å². The lowest BCUT2D eigenvalue weighted by molar-refractivity contribution is -0.120.